The molecule has 1 aromatic rings. The molecular formula is C18H22N2O3. The summed E-state index contributed by atoms with van der Waals surface area (Å²) in [4.78, 5) is 24.0. The van der Waals surface area contributed by atoms with Crippen LogP contribution in [0.15, 0.2) is 18.2 Å². The molecule has 1 aliphatic rings. The number of ether oxygens (including phenoxy) is 1. The highest BCUT2D eigenvalue weighted by molar-refractivity contribution is 5.91. The summed E-state index contributed by atoms with van der Waals surface area (Å²) in [6.07, 6.45) is 4.24. The maximum Gasteiger partial charge on any atom is 0.338 e. The van der Waals surface area contributed by atoms with E-state index in [0.29, 0.717) is 18.4 Å². The predicted octanol–water partition coefficient (Wildman–Crippen LogP) is 2.80. The van der Waals surface area contributed by atoms with E-state index < -0.39 is 17.4 Å². The lowest BCUT2D eigenvalue weighted by molar-refractivity contribution is -0.125. The van der Waals surface area contributed by atoms with Gasteiger partial charge in [-0.05, 0) is 38.8 Å². The van der Waals surface area contributed by atoms with E-state index in [4.69, 9.17) is 4.74 Å². The van der Waals surface area contributed by atoms with Crippen LogP contribution >= 0.6 is 0 Å². The number of aryl methyl sites for hydroxylation is 2. The topological polar surface area (TPSA) is 79.2 Å². The summed E-state index contributed by atoms with van der Waals surface area (Å²) in [5.74, 6) is -0.951. The van der Waals surface area contributed by atoms with Gasteiger partial charge < -0.3 is 10.1 Å². The lowest BCUT2D eigenvalue weighted by Crippen LogP contribution is -2.50. The van der Waals surface area contributed by atoms with E-state index in [-0.39, 0.29) is 6.61 Å². The third kappa shape index (κ3) is 4.56. The van der Waals surface area contributed by atoms with E-state index in [1.54, 1.807) is 12.1 Å². The quantitative estimate of drug-likeness (QED) is 0.867. The number of rotatable bonds is 4. The van der Waals surface area contributed by atoms with Crippen molar-refractivity contribution in [2.75, 3.05) is 6.61 Å². The zero-order chi connectivity index (χ0) is 16.9. The smallest absolute Gasteiger partial charge is 0.338 e. The first-order valence-corrected chi connectivity index (χ1v) is 7.92. The number of nitrogens with one attached hydrogen (secondary N) is 1. The van der Waals surface area contributed by atoms with Crippen LogP contribution in [0.25, 0.3) is 0 Å². The molecule has 5 heteroatoms. The number of hydrogen-bond donors (Lipinski definition) is 1. The van der Waals surface area contributed by atoms with Crippen molar-refractivity contribution in [1.82, 2.24) is 5.32 Å². The maximum absolute atomic E-state index is 12.0. The van der Waals surface area contributed by atoms with Gasteiger partial charge in [-0.1, -0.05) is 36.5 Å². The molecule has 0 saturated heterocycles. The van der Waals surface area contributed by atoms with Crippen molar-refractivity contribution in [2.24, 2.45) is 0 Å². The molecule has 0 atom stereocenters. The van der Waals surface area contributed by atoms with E-state index >= 15 is 0 Å². The number of amides is 1. The Morgan fingerprint density at radius 2 is 1.78 bits per heavy atom. The molecular weight excluding hydrogens is 292 g/mol. The van der Waals surface area contributed by atoms with Gasteiger partial charge in [0.1, 0.15) is 5.54 Å². The van der Waals surface area contributed by atoms with Gasteiger partial charge in [0, 0.05) is 0 Å². The highest BCUT2D eigenvalue weighted by Crippen LogP contribution is 2.27. The van der Waals surface area contributed by atoms with Gasteiger partial charge in [-0.3, -0.25) is 4.79 Å². The Morgan fingerprint density at radius 1 is 1.17 bits per heavy atom. The summed E-state index contributed by atoms with van der Waals surface area (Å²) in [5, 5.41) is 12.1. The summed E-state index contributed by atoms with van der Waals surface area (Å²) in [7, 11) is 0. The number of carbonyl (C=O) groups is 2. The van der Waals surface area contributed by atoms with Gasteiger partial charge in [-0.15, -0.1) is 0 Å². The molecule has 0 aliphatic heterocycles. The van der Waals surface area contributed by atoms with Crippen LogP contribution in [0, 0.1) is 25.2 Å². The second-order valence-corrected chi connectivity index (χ2v) is 6.26. The van der Waals surface area contributed by atoms with Crippen LogP contribution in [0.1, 0.15) is 53.6 Å². The molecule has 122 valence electrons. The maximum atomic E-state index is 12.0. The zero-order valence-electron chi connectivity index (χ0n) is 13.6. The molecule has 0 aromatic heterocycles. The normalized spacial score (nSPS) is 16.2. The molecule has 0 bridgehead atoms. The molecule has 1 N–H and O–H groups in total. The first-order valence-electron chi connectivity index (χ1n) is 7.92. The number of benzene rings is 1. The average molecular weight is 314 g/mol. The van der Waals surface area contributed by atoms with Crippen LogP contribution in [0.3, 0.4) is 0 Å². The Bertz CT molecular complexity index is 620. The number of carbonyl (C=O) groups excluding carboxylic acids is 2. The summed E-state index contributed by atoms with van der Waals surface area (Å²) in [6.45, 7) is 3.43. The minimum Gasteiger partial charge on any atom is -0.452 e. The molecule has 2 rings (SSSR count). The van der Waals surface area contributed by atoms with Gasteiger partial charge in [0.25, 0.3) is 5.91 Å². The Morgan fingerprint density at radius 3 is 2.35 bits per heavy atom. The standard InChI is InChI=1S/C18H22N2O3/c1-13-8-14(2)10-15(9-13)17(22)23-11-16(21)20-18(12-19)6-4-3-5-7-18/h8-10H,3-7,11H2,1-2H3,(H,20,21). The monoisotopic (exact) mass is 314 g/mol. The number of esters is 1. The fourth-order valence-electron chi connectivity index (χ4n) is 3.03. The van der Waals surface area contributed by atoms with E-state index in [0.717, 1.165) is 30.4 Å². The Balaban J connectivity index is 1.91. The van der Waals surface area contributed by atoms with Crippen LogP contribution in [0.4, 0.5) is 0 Å². The minimum atomic E-state index is -0.804. The summed E-state index contributed by atoms with van der Waals surface area (Å²) in [5.41, 5.74) is 1.56. The van der Waals surface area contributed by atoms with Crippen molar-refractivity contribution in [3.05, 3.63) is 34.9 Å². The van der Waals surface area contributed by atoms with Crippen molar-refractivity contribution < 1.29 is 14.3 Å². The highest BCUT2D eigenvalue weighted by Gasteiger charge is 2.33. The van der Waals surface area contributed by atoms with Gasteiger partial charge in [0.2, 0.25) is 0 Å². The summed E-state index contributed by atoms with van der Waals surface area (Å²) in [6, 6.07) is 7.63. The highest BCUT2D eigenvalue weighted by atomic mass is 16.5. The summed E-state index contributed by atoms with van der Waals surface area (Å²) < 4.78 is 5.07. The van der Waals surface area contributed by atoms with Crippen LogP contribution < -0.4 is 5.32 Å². The molecule has 1 fully saturated rings. The van der Waals surface area contributed by atoms with Crippen LogP contribution in [0.5, 0.6) is 0 Å². The van der Waals surface area contributed by atoms with E-state index in [1.165, 1.54) is 0 Å². The largest absolute Gasteiger partial charge is 0.452 e. The second-order valence-electron chi connectivity index (χ2n) is 6.26. The van der Waals surface area contributed by atoms with Crippen molar-refractivity contribution in [3.8, 4) is 6.07 Å². The minimum absolute atomic E-state index is 0.366. The van der Waals surface area contributed by atoms with Crippen LogP contribution in [-0.4, -0.2) is 24.0 Å². The molecule has 23 heavy (non-hydrogen) atoms. The fourth-order valence-corrected chi connectivity index (χ4v) is 3.03. The van der Waals surface area contributed by atoms with Crippen LogP contribution in [-0.2, 0) is 9.53 Å². The van der Waals surface area contributed by atoms with Crippen molar-refractivity contribution in [1.29, 1.82) is 5.26 Å². The predicted molar refractivity (Wildman–Crippen MR) is 85.8 cm³/mol. The molecule has 0 radical (unpaired) electrons. The lowest BCUT2D eigenvalue weighted by Gasteiger charge is -2.31. The number of hydrogen-bond acceptors (Lipinski definition) is 4. The van der Waals surface area contributed by atoms with Gasteiger partial charge in [-0.25, -0.2) is 4.79 Å². The molecule has 1 amide bonds. The molecule has 0 spiro atoms. The van der Waals surface area contributed by atoms with Gasteiger partial charge in [0.05, 0.1) is 11.6 Å². The fraction of sp³-hybridized carbons (Fsp3) is 0.500. The average Bonchev–Trinajstić information content (AvgIpc) is 2.52. The van der Waals surface area contributed by atoms with Gasteiger partial charge in [0.15, 0.2) is 6.61 Å². The SMILES string of the molecule is Cc1cc(C)cc(C(=O)OCC(=O)NC2(C#N)CCCCC2)c1. The Labute approximate surface area is 136 Å². The number of nitrogens with zero attached hydrogens (tertiary/aromatic N) is 1. The zero-order valence-corrected chi connectivity index (χ0v) is 13.6. The molecule has 1 saturated carbocycles. The second kappa shape index (κ2) is 7.28. The van der Waals surface area contributed by atoms with Gasteiger partial charge in [-0.2, -0.15) is 5.26 Å². The third-order valence-corrected chi connectivity index (χ3v) is 4.09. The van der Waals surface area contributed by atoms with E-state index in [1.807, 2.05) is 19.9 Å². The first kappa shape index (κ1) is 17.0. The molecule has 0 heterocycles. The molecule has 1 aliphatic carbocycles. The lowest BCUT2D eigenvalue weighted by atomic mass is 9.83. The van der Waals surface area contributed by atoms with E-state index in [9.17, 15) is 14.9 Å². The Kier molecular flexibility index (Phi) is 5.38. The van der Waals surface area contributed by atoms with Crippen molar-refractivity contribution >= 4 is 11.9 Å². The first-order chi connectivity index (χ1) is 10.9. The van der Waals surface area contributed by atoms with Crippen molar-refractivity contribution in [3.63, 3.8) is 0 Å². The molecule has 5 nitrogen and oxygen atoms in total. The van der Waals surface area contributed by atoms with Crippen molar-refractivity contribution in [2.45, 2.75) is 51.5 Å². The number of nitriles is 1. The van der Waals surface area contributed by atoms with Crippen LogP contribution in [0.2, 0.25) is 0 Å². The third-order valence-electron chi connectivity index (χ3n) is 4.09. The summed E-state index contributed by atoms with van der Waals surface area (Å²) >= 11 is 0. The van der Waals surface area contributed by atoms with Gasteiger partial charge >= 0.3 is 5.97 Å². The van der Waals surface area contributed by atoms with E-state index in [2.05, 4.69) is 11.4 Å². The molecule has 0 unspecified atom stereocenters. The Hall–Kier alpha value is -2.35. The molecule has 1 aromatic carbocycles.